The molecule has 2 aromatic heterocycles. The highest BCUT2D eigenvalue weighted by Crippen LogP contribution is 2.26. The Morgan fingerprint density at radius 3 is 2.58 bits per heavy atom. The SMILES string of the molecule is Cc1cc([C@H](C)NC(=O)[C@](C)(O)Cn2c(C)cccc2=O)c(C)s1. The number of hydrogen-bond donors (Lipinski definition) is 2. The van der Waals surface area contributed by atoms with Crippen LogP contribution >= 0.6 is 11.3 Å². The van der Waals surface area contributed by atoms with Gasteiger partial charge in [-0.2, -0.15) is 0 Å². The fraction of sp³-hybridized carbons (Fsp3) is 0.444. The minimum atomic E-state index is -1.68. The molecule has 0 fully saturated rings. The molecule has 2 N–H and O–H groups in total. The first-order valence-electron chi connectivity index (χ1n) is 7.88. The predicted octanol–water partition coefficient (Wildman–Crippen LogP) is 2.46. The minimum absolute atomic E-state index is 0.0846. The van der Waals surface area contributed by atoms with E-state index in [1.807, 2.05) is 26.8 Å². The number of pyridine rings is 1. The van der Waals surface area contributed by atoms with E-state index < -0.39 is 11.5 Å². The van der Waals surface area contributed by atoms with Crippen LogP contribution in [0.5, 0.6) is 0 Å². The highest BCUT2D eigenvalue weighted by Gasteiger charge is 2.32. The largest absolute Gasteiger partial charge is 0.378 e. The number of nitrogens with one attached hydrogen (secondary N) is 1. The molecule has 0 unspecified atom stereocenters. The van der Waals surface area contributed by atoms with Crippen molar-refractivity contribution in [2.45, 2.75) is 52.8 Å². The van der Waals surface area contributed by atoms with Crippen LogP contribution in [-0.4, -0.2) is 21.2 Å². The molecular formula is C18H24N2O3S. The first-order chi connectivity index (χ1) is 11.1. The highest BCUT2D eigenvalue weighted by atomic mass is 32.1. The standard InChI is InChI=1S/C18H24N2O3S/c1-11-7-6-8-16(21)20(11)10-18(5,23)17(22)19-13(3)15-9-12(2)24-14(15)4/h6-9,13,23H,10H2,1-5H3,(H,19,22)/t13-,18+/m0/s1. The molecule has 130 valence electrons. The lowest BCUT2D eigenvalue weighted by Crippen LogP contribution is -2.49. The minimum Gasteiger partial charge on any atom is -0.378 e. The van der Waals surface area contributed by atoms with Crippen LogP contribution in [0, 0.1) is 20.8 Å². The van der Waals surface area contributed by atoms with Crippen molar-refractivity contribution in [2.24, 2.45) is 0 Å². The van der Waals surface area contributed by atoms with E-state index in [0.29, 0.717) is 5.69 Å². The number of nitrogens with zero attached hydrogens (tertiary/aromatic N) is 1. The van der Waals surface area contributed by atoms with Crippen LogP contribution in [0.15, 0.2) is 29.1 Å². The van der Waals surface area contributed by atoms with E-state index in [2.05, 4.69) is 5.32 Å². The van der Waals surface area contributed by atoms with E-state index in [4.69, 9.17) is 0 Å². The fourth-order valence-corrected chi connectivity index (χ4v) is 3.74. The zero-order chi connectivity index (χ0) is 18.1. The van der Waals surface area contributed by atoms with Crippen molar-refractivity contribution in [2.75, 3.05) is 0 Å². The number of aryl methyl sites for hydroxylation is 3. The van der Waals surface area contributed by atoms with E-state index in [9.17, 15) is 14.7 Å². The average Bonchev–Trinajstić information content (AvgIpc) is 2.82. The van der Waals surface area contributed by atoms with Gasteiger partial charge in [0.15, 0.2) is 5.60 Å². The monoisotopic (exact) mass is 348 g/mol. The first-order valence-corrected chi connectivity index (χ1v) is 8.70. The maximum absolute atomic E-state index is 12.5. The van der Waals surface area contributed by atoms with Gasteiger partial charge in [0, 0.05) is 21.5 Å². The molecule has 0 bridgehead atoms. The Morgan fingerprint density at radius 1 is 1.38 bits per heavy atom. The Balaban J connectivity index is 2.15. The summed E-state index contributed by atoms with van der Waals surface area (Å²) >= 11 is 1.68. The van der Waals surface area contributed by atoms with E-state index in [1.165, 1.54) is 22.4 Å². The molecule has 24 heavy (non-hydrogen) atoms. The van der Waals surface area contributed by atoms with Gasteiger partial charge in [-0.25, -0.2) is 0 Å². The number of rotatable bonds is 5. The third-order valence-electron chi connectivity index (χ3n) is 4.12. The van der Waals surface area contributed by atoms with Gasteiger partial charge < -0.3 is 15.0 Å². The van der Waals surface area contributed by atoms with Crippen molar-refractivity contribution in [1.82, 2.24) is 9.88 Å². The van der Waals surface area contributed by atoms with Crippen molar-refractivity contribution < 1.29 is 9.90 Å². The van der Waals surface area contributed by atoms with Gasteiger partial charge in [-0.1, -0.05) is 6.07 Å². The van der Waals surface area contributed by atoms with Crippen molar-refractivity contribution in [3.63, 3.8) is 0 Å². The third kappa shape index (κ3) is 3.94. The smallest absolute Gasteiger partial charge is 0.254 e. The zero-order valence-corrected chi connectivity index (χ0v) is 15.5. The molecule has 2 atom stereocenters. The summed E-state index contributed by atoms with van der Waals surface area (Å²) in [6.45, 7) is 9.05. The molecule has 0 aliphatic heterocycles. The lowest BCUT2D eigenvalue weighted by molar-refractivity contribution is -0.140. The van der Waals surface area contributed by atoms with Gasteiger partial charge in [-0.05, 0) is 52.3 Å². The molecule has 0 aliphatic rings. The van der Waals surface area contributed by atoms with Crippen LogP contribution in [0.4, 0.5) is 0 Å². The van der Waals surface area contributed by atoms with E-state index in [1.54, 1.807) is 30.4 Å². The van der Waals surface area contributed by atoms with Crippen LogP contribution in [0.1, 0.15) is 40.9 Å². The number of aliphatic hydroxyl groups is 1. The second kappa shape index (κ2) is 6.91. The van der Waals surface area contributed by atoms with Crippen LogP contribution in [0.25, 0.3) is 0 Å². The summed E-state index contributed by atoms with van der Waals surface area (Å²) in [7, 11) is 0. The lowest BCUT2D eigenvalue weighted by atomic mass is 10.0. The van der Waals surface area contributed by atoms with E-state index >= 15 is 0 Å². The summed E-state index contributed by atoms with van der Waals surface area (Å²) in [5.41, 5.74) is -0.161. The van der Waals surface area contributed by atoms with Gasteiger partial charge in [0.2, 0.25) is 0 Å². The van der Waals surface area contributed by atoms with Crippen LogP contribution in [0.3, 0.4) is 0 Å². The maximum Gasteiger partial charge on any atom is 0.254 e. The van der Waals surface area contributed by atoms with Gasteiger partial charge in [-0.15, -0.1) is 11.3 Å². The fourth-order valence-electron chi connectivity index (χ4n) is 2.72. The molecule has 5 nitrogen and oxygen atoms in total. The topological polar surface area (TPSA) is 71.3 Å². The van der Waals surface area contributed by atoms with E-state index in [0.717, 1.165) is 10.4 Å². The molecule has 1 amide bonds. The predicted molar refractivity (Wildman–Crippen MR) is 96.4 cm³/mol. The van der Waals surface area contributed by atoms with Gasteiger partial charge in [-0.3, -0.25) is 9.59 Å². The number of carbonyl (C=O) groups excluding carboxylic acids is 1. The van der Waals surface area contributed by atoms with Crippen LogP contribution < -0.4 is 10.9 Å². The molecule has 0 radical (unpaired) electrons. The molecular weight excluding hydrogens is 324 g/mol. The molecule has 0 saturated carbocycles. The molecule has 2 rings (SSSR count). The summed E-state index contributed by atoms with van der Waals surface area (Å²) in [6, 6.07) is 6.69. The Bertz CT molecular complexity index is 805. The average molecular weight is 348 g/mol. The summed E-state index contributed by atoms with van der Waals surface area (Å²) in [5, 5.41) is 13.4. The normalized spacial score (nSPS) is 14.9. The molecule has 2 aromatic rings. The van der Waals surface area contributed by atoms with Gasteiger partial charge >= 0.3 is 0 Å². The van der Waals surface area contributed by atoms with Gasteiger partial charge in [0.1, 0.15) is 0 Å². The molecule has 0 aliphatic carbocycles. The van der Waals surface area contributed by atoms with Gasteiger partial charge in [0.25, 0.3) is 11.5 Å². The lowest BCUT2D eigenvalue weighted by Gasteiger charge is -2.26. The third-order valence-corrected chi connectivity index (χ3v) is 5.10. The number of amides is 1. The number of carbonyl (C=O) groups is 1. The molecule has 0 saturated heterocycles. The summed E-state index contributed by atoms with van der Waals surface area (Å²) in [6.07, 6.45) is 0. The highest BCUT2D eigenvalue weighted by molar-refractivity contribution is 7.12. The number of thiophene rings is 1. The zero-order valence-electron chi connectivity index (χ0n) is 14.7. The van der Waals surface area contributed by atoms with Crippen molar-refractivity contribution in [3.05, 3.63) is 55.6 Å². The Morgan fingerprint density at radius 2 is 2.04 bits per heavy atom. The molecule has 2 heterocycles. The van der Waals surface area contributed by atoms with Crippen molar-refractivity contribution in [1.29, 1.82) is 0 Å². The summed E-state index contributed by atoms with van der Waals surface area (Å²) < 4.78 is 1.41. The Labute approximate surface area is 146 Å². The number of hydrogen-bond acceptors (Lipinski definition) is 4. The van der Waals surface area contributed by atoms with Crippen molar-refractivity contribution in [3.8, 4) is 0 Å². The first kappa shape index (κ1) is 18.4. The summed E-state index contributed by atoms with van der Waals surface area (Å²) in [5.74, 6) is -0.492. The van der Waals surface area contributed by atoms with E-state index in [-0.39, 0.29) is 18.1 Å². The molecule has 0 aromatic carbocycles. The second-order valence-electron chi connectivity index (χ2n) is 6.43. The van der Waals surface area contributed by atoms with Crippen LogP contribution in [0.2, 0.25) is 0 Å². The van der Waals surface area contributed by atoms with Crippen LogP contribution in [-0.2, 0) is 11.3 Å². The van der Waals surface area contributed by atoms with Crippen molar-refractivity contribution >= 4 is 17.2 Å². The number of aromatic nitrogens is 1. The van der Waals surface area contributed by atoms with Gasteiger partial charge in [0.05, 0.1) is 12.6 Å². The Hall–Kier alpha value is -1.92. The summed E-state index contributed by atoms with van der Waals surface area (Å²) in [4.78, 5) is 26.8. The quantitative estimate of drug-likeness (QED) is 0.872. The molecule has 6 heteroatoms. The Kier molecular flexibility index (Phi) is 5.30. The second-order valence-corrected chi connectivity index (χ2v) is 7.89. The maximum atomic E-state index is 12.5. The molecule has 0 spiro atoms.